The highest BCUT2D eigenvalue weighted by atomic mass is 16.7. The van der Waals surface area contributed by atoms with E-state index in [4.69, 9.17) is 30.8 Å². The van der Waals surface area contributed by atoms with Gasteiger partial charge in [-0.2, -0.15) is 0 Å². The molecular formula is C25H46N4O13. The number of hydrogen-bond donors (Lipinski definition) is 13. The molecule has 17 heteroatoms. The minimum atomic E-state index is -1.82. The molecule has 0 aromatic heterocycles. The molecule has 42 heavy (non-hydrogen) atoms. The smallest absolute Gasteiger partial charge is 0.253 e. The Kier molecular flexibility index (Phi) is 11.2. The minimum Gasteiger partial charge on any atom is -0.396 e. The first kappa shape index (κ1) is 33.8. The second kappa shape index (κ2) is 13.9. The van der Waals surface area contributed by atoms with Crippen molar-refractivity contribution in [1.29, 1.82) is 0 Å². The van der Waals surface area contributed by atoms with E-state index in [0.29, 0.717) is 13.0 Å². The summed E-state index contributed by atoms with van der Waals surface area (Å²) in [5.41, 5.74) is 10.3. The average molecular weight is 611 g/mol. The predicted octanol–water partition coefficient (Wildman–Crippen LogP) is -7.32. The topological polar surface area (TPSA) is 303 Å². The second-order valence-electron chi connectivity index (χ2n) is 11.9. The number of aliphatic hydroxyl groups excluding tert-OH is 8. The van der Waals surface area contributed by atoms with Crippen LogP contribution in [-0.2, 0) is 19.0 Å². The third-order valence-corrected chi connectivity index (χ3v) is 8.83. The Morgan fingerprint density at radius 3 is 2.24 bits per heavy atom. The molecular weight excluding hydrogens is 564 g/mol. The third kappa shape index (κ3) is 6.90. The molecule has 2 saturated heterocycles. The van der Waals surface area contributed by atoms with E-state index in [1.165, 1.54) is 0 Å². The number of nitrogens with one attached hydrogen (secondary N) is 2. The van der Waals surface area contributed by atoms with E-state index in [-0.39, 0.29) is 32.4 Å². The highest BCUT2D eigenvalue weighted by Crippen LogP contribution is 2.39. The van der Waals surface area contributed by atoms with Crippen molar-refractivity contribution in [1.82, 2.24) is 10.6 Å². The van der Waals surface area contributed by atoms with E-state index in [0.717, 1.165) is 0 Å². The fourth-order valence-corrected chi connectivity index (χ4v) is 6.10. The van der Waals surface area contributed by atoms with Gasteiger partial charge in [-0.15, -0.1) is 0 Å². The lowest BCUT2D eigenvalue weighted by atomic mass is 9.72. The maximum Gasteiger partial charge on any atom is 0.253 e. The molecule has 2 heterocycles. The fraction of sp³-hybridized carbons (Fsp3) is 0.960. The maximum absolute atomic E-state index is 12.9. The quantitative estimate of drug-likeness (QED) is 0.0966. The first-order chi connectivity index (χ1) is 19.8. The van der Waals surface area contributed by atoms with Crippen molar-refractivity contribution in [3.05, 3.63) is 0 Å². The Morgan fingerprint density at radius 2 is 1.62 bits per heavy atom. The lowest BCUT2D eigenvalue weighted by Crippen LogP contribution is -2.70. The normalized spacial score (nSPS) is 49.5. The summed E-state index contributed by atoms with van der Waals surface area (Å²) < 4.78 is 17.5. The van der Waals surface area contributed by atoms with Crippen LogP contribution in [0, 0.1) is 5.92 Å². The summed E-state index contributed by atoms with van der Waals surface area (Å²) in [4.78, 5) is 12.9. The molecule has 15 N–H and O–H groups in total. The zero-order chi connectivity index (χ0) is 30.9. The molecule has 16 atom stereocenters. The number of rotatable bonds is 11. The Balaban J connectivity index is 1.57. The molecule has 4 aliphatic rings. The molecule has 244 valence electrons. The van der Waals surface area contributed by atoms with Crippen molar-refractivity contribution >= 4 is 5.91 Å². The summed E-state index contributed by atoms with van der Waals surface area (Å²) in [6.45, 7) is -0.216. The summed E-state index contributed by atoms with van der Waals surface area (Å²) in [5.74, 6) is -1.95. The van der Waals surface area contributed by atoms with Crippen molar-refractivity contribution in [2.45, 2.75) is 117 Å². The Hall–Kier alpha value is -1.13. The molecule has 2 aliphatic carbocycles. The van der Waals surface area contributed by atoms with E-state index in [2.05, 4.69) is 10.6 Å². The van der Waals surface area contributed by atoms with E-state index < -0.39 is 109 Å². The van der Waals surface area contributed by atoms with Crippen molar-refractivity contribution in [3.63, 3.8) is 0 Å². The van der Waals surface area contributed by atoms with Gasteiger partial charge >= 0.3 is 0 Å². The van der Waals surface area contributed by atoms with Crippen LogP contribution >= 0.6 is 0 Å². The highest BCUT2D eigenvalue weighted by Gasteiger charge is 2.60. The Labute approximate surface area is 242 Å². The number of carbonyl (C=O) groups is 1. The molecule has 4 fully saturated rings. The molecule has 2 saturated carbocycles. The van der Waals surface area contributed by atoms with Gasteiger partial charge in [0.05, 0.1) is 37.1 Å². The SMILES string of the molecule is NC1CC1(O)C(=O)N[C@@H]1C[C@H](N)C([C@H]2O[C@H](CNCCCO)[C@@H](O)[C@H](O)[C@H]2O)[C@H](O)[C@H]1O[C@H]1O[C@H](CO)[C@@H](O)C[C@H]1O. The number of amides is 1. The van der Waals surface area contributed by atoms with E-state index in [1.807, 2.05) is 0 Å². The molecule has 0 spiro atoms. The molecule has 2 aliphatic heterocycles. The number of nitrogens with two attached hydrogens (primary N) is 2. The van der Waals surface area contributed by atoms with Crippen LogP contribution in [0.5, 0.6) is 0 Å². The van der Waals surface area contributed by atoms with Gasteiger partial charge in [0, 0.05) is 44.0 Å². The van der Waals surface area contributed by atoms with Crippen LogP contribution in [0.2, 0.25) is 0 Å². The van der Waals surface area contributed by atoms with Gasteiger partial charge in [-0.3, -0.25) is 4.79 Å². The summed E-state index contributed by atoms with van der Waals surface area (Å²) >= 11 is 0. The van der Waals surface area contributed by atoms with Gasteiger partial charge in [0.25, 0.3) is 5.91 Å². The zero-order valence-electron chi connectivity index (χ0n) is 23.1. The van der Waals surface area contributed by atoms with Crippen LogP contribution < -0.4 is 22.1 Å². The van der Waals surface area contributed by atoms with Gasteiger partial charge in [-0.1, -0.05) is 0 Å². The standard InChI is InChI=1S/C25H46N4O13/c26-9-4-10(29-24(38)25(39)6-15(25)27)21(42-23-12(33)5-11(32)14(8-31)41-23)18(35)16(9)22-20(37)19(36)17(34)13(40-22)7-28-2-1-3-30/h9-23,28,30-37,39H,1-8,26-27H2,(H,29,38)/t9-,10+,11-,12+,13+,14+,15?,16?,17+,18-,19-,20+,21-,22+,23+,25?/m0/s1. The lowest BCUT2D eigenvalue weighted by Gasteiger charge is -2.51. The summed E-state index contributed by atoms with van der Waals surface area (Å²) in [7, 11) is 0. The average Bonchev–Trinajstić information content (AvgIpc) is 3.57. The zero-order valence-corrected chi connectivity index (χ0v) is 23.1. The van der Waals surface area contributed by atoms with Gasteiger partial charge < -0.3 is 82.3 Å². The number of carbonyl (C=O) groups excluding carboxylic acids is 1. The van der Waals surface area contributed by atoms with E-state index in [1.54, 1.807) is 0 Å². The molecule has 0 radical (unpaired) electrons. The van der Waals surface area contributed by atoms with Crippen LogP contribution in [0.3, 0.4) is 0 Å². The van der Waals surface area contributed by atoms with Gasteiger partial charge in [-0.25, -0.2) is 0 Å². The summed E-state index contributed by atoms with van der Waals surface area (Å²) in [6, 6.07) is -2.82. The van der Waals surface area contributed by atoms with Crippen LogP contribution in [0.25, 0.3) is 0 Å². The van der Waals surface area contributed by atoms with Crippen molar-refractivity contribution < 1.29 is 65.0 Å². The molecule has 4 rings (SSSR count). The van der Waals surface area contributed by atoms with Crippen LogP contribution in [0.1, 0.15) is 25.7 Å². The highest BCUT2D eigenvalue weighted by molar-refractivity contribution is 5.89. The van der Waals surface area contributed by atoms with Crippen LogP contribution in [0.15, 0.2) is 0 Å². The lowest BCUT2D eigenvalue weighted by molar-refractivity contribution is -0.306. The van der Waals surface area contributed by atoms with Crippen LogP contribution in [-0.4, -0.2) is 169 Å². The van der Waals surface area contributed by atoms with Crippen molar-refractivity contribution in [2.75, 3.05) is 26.3 Å². The monoisotopic (exact) mass is 610 g/mol. The maximum atomic E-state index is 12.9. The van der Waals surface area contributed by atoms with Crippen molar-refractivity contribution in [2.24, 2.45) is 17.4 Å². The Morgan fingerprint density at radius 1 is 0.929 bits per heavy atom. The summed E-state index contributed by atoms with van der Waals surface area (Å²) in [6.07, 6.45) is -15.1. The van der Waals surface area contributed by atoms with Crippen molar-refractivity contribution in [3.8, 4) is 0 Å². The number of ether oxygens (including phenoxy) is 3. The van der Waals surface area contributed by atoms with E-state index in [9.17, 15) is 45.6 Å². The van der Waals surface area contributed by atoms with E-state index >= 15 is 0 Å². The fourth-order valence-electron chi connectivity index (χ4n) is 6.10. The third-order valence-electron chi connectivity index (χ3n) is 8.83. The van der Waals surface area contributed by atoms with Gasteiger partial charge in [0.1, 0.15) is 36.6 Å². The van der Waals surface area contributed by atoms with Gasteiger partial charge in [-0.05, 0) is 19.4 Å². The molecule has 0 bridgehead atoms. The first-order valence-corrected chi connectivity index (χ1v) is 14.4. The number of hydrogen-bond acceptors (Lipinski definition) is 16. The molecule has 0 aromatic carbocycles. The van der Waals surface area contributed by atoms with Gasteiger partial charge in [0.2, 0.25) is 0 Å². The van der Waals surface area contributed by atoms with Gasteiger partial charge in [0.15, 0.2) is 11.9 Å². The first-order valence-electron chi connectivity index (χ1n) is 14.4. The minimum absolute atomic E-state index is 0.0187. The van der Waals surface area contributed by atoms with Crippen LogP contribution in [0.4, 0.5) is 0 Å². The Bertz CT molecular complexity index is 908. The molecule has 3 unspecified atom stereocenters. The second-order valence-corrected chi connectivity index (χ2v) is 11.9. The summed E-state index contributed by atoms with van der Waals surface area (Å²) in [5, 5.41) is 98.9. The molecule has 17 nitrogen and oxygen atoms in total. The molecule has 0 aromatic rings. The molecule has 1 amide bonds. The predicted molar refractivity (Wildman–Crippen MR) is 140 cm³/mol. The largest absolute Gasteiger partial charge is 0.396 e. The number of aliphatic hydroxyl groups is 9.